The first kappa shape index (κ1) is 14.4. The highest BCUT2D eigenvalue weighted by Gasteiger charge is 2.27. The number of amides is 1. The molecule has 1 aromatic carbocycles. The van der Waals surface area contributed by atoms with Crippen molar-refractivity contribution in [2.45, 2.75) is 33.2 Å². The number of hydrazine groups is 1. The zero-order valence-corrected chi connectivity index (χ0v) is 10.8. The van der Waals surface area contributed by atoms with Crippen molar-refractivity contribution in [1.29, 1.82) is 0 Å². The second-order valence-electron chi connectivity index (χ2n) is 4.06. The molecule has 100 valence electrons. The zero-order chi connectivity index (χ0) is 13.7. The van der Waals surface area contributed by atoms with Crippen molar-refractivity contribution in [1.82, 2.24) is 10.9 Å². The molecule has 1 aliphatic rings. The summed E-state index contributed by atoms with van der Waals surface area (Å²) in [6, 6.07) is 4.10. The topological polar surface area (TPSA) is 61.4 Å². The minimum atomic E-state index is -0.650. The summed E-state index contributed by atoms with van der Waals surface area (Å²) in [5.41, 5.74) is 6.07. The molecular weight excluding hydrogens is 235 g/mol. The maximum atomic E-state index is 13.2. The lowest BCUT2D eigenvalue weighted by atomic mass is 9.91. The van der Waals surface area contributed by atoms with Crippen LogP contribution in [0.2, 0.25) is 0 Å². The highest BCUT2D eigenvalue weighted by molar-refractivity contribution is 5.76. The van der Waals surface area contributed by atoms with Gasteiger partial charge in [0.1, 0.15) is 0 Å². The molecule has 1 amide bonds. The molecule has 0 saturated carbocycles. The van der Waals surface area contributed by atoms with Crippen molar-refractivity contribution in [3.8, 4) is 5.75 Å². The standard InChI is InChI=1S/C11H13FN2O2.C2H6/c1-6-4-10(16)13-14-11(6)7-2-3-9(15)8(12)5-7;1-2/h2-3,5-6,11,14-15H,4H2,1H3,(H,13,16);1-2H3. The molecule has 18 heavy (non-hydrogen) atoms. The van der Waals surface area contributed by atoms with Crippen molar-refractivity contribution in [3.05, 3.63) is 29.6 Å². The predicted molar refractivity (Wildman–Crippen MR) is 67.2 cm³/mol. The number of carbonyl (C=O) groups excluding carboxylic acids is 1. The van der Waals surface area contributed by atoms with Crippen molar-refractivity contribution >= 4 is 5.91 Å². The molecule has 2 atom stereocenters. The lowest BCUT2D eigenvalue weighted by Gasteiger charge is -2.30. The summed E-state index contributed by atoms with van der Waals surface area (Å²) in [6.07, 6.45) is 0.403. The third kappa shape index (κ3) is 3.20. The molecule has 1 aromatic rings. The number of hydrogen-bond donors (Lipinski definition) is 3. The molecule has 4 nitrogen and oxygen atoms in total. The highest BCUT2D eigenvalue weighted by Crippen LogP contribution is 2.28. The molecule has 1 fully saturated rings. The number of hydrogen-bond acceptors (Lipinski definition) is 3. The van der Waals surface area contributed by atoms with Crippen LogP contribution in [0, 0.1) is 11.7 Å². The minimum Gasteiger partial charge on any atom is -0.505 e. The van der Waals surface area contributed by atoms with Crippen LogP contribution in [0.25, 0.3) is 0 Å². The van der Waals surface area contributed by atoms with E-state index in [9.17, 15) is 9.18 Å². The molecule has 0 aromatic heterocycles. The summed E-state index contributed by atoms with van der Waals surface area (Å²) in [7, 11) is 0. The first-order valence-corrected chi connectivity index (χ1v) is 6.10. The van der Waals surface area contributed by atoms with E-state index in [0.717, 1.165) is 0 Å². The fourth-order valence-electron chi connectivity index (χ4n) is 1.89. The number of benzene rings is 1. The van der Waals surface area contributed by atoms with Crippen LogP contribution in [0.1, 0.15) is 38.8 Å². The summed E-state index contributed by atoms with van der Waals surface area (Å²) in [5.74, 6) is -1.000. The van der Waals surface area contributed by atoms with Gasteiger partial charge in [-0.1, -0.05) is 26.8 Å². The largest absolute Gasteiger partial charge is 0.505 e. The van der Waals surface area contributed by atoms with Gasteiger partial charge in [-0.15, -0.1) is 0 Å². The Morgan fingerprint density at radius 3 is 2.61 bits per heavy atom. The van der Waals surface area contributed by atoms with E-state index in [1.165, 1.54) is 12.1 Å². The quantitative estimate of drug-likeness (QED) is 0.720. The summed E-state index contributed by atoms with van der Waals surface area (Å²) >= 11 is 0. The molecular formula is C13H19FN2O2. The minimum absolute atomic E-state index is 0.0667. The molecule has 1 aliphatic heterocycles. The lowest BCUT2D eigenvalue weighted by Crippen LogP contribution is -2.48. The Morgan fingerprint density at radius 1 is 1.39 bits per heavy atom. The van der Waals surface area contributed by atoms with E-state index in [-0.39, 0.29) is 23.6 Å². The first-order valence-electron chi connectivity index (χ1n) is 6.10. The van der Waals surface area contributed by atoms with E-state index in [1.54, 1.807) is 6.07 Å². The van der Waals surface area contributed by atoms with Crippen molar-refractivity contribution in [3.63, 3.8) is 0 Å². The van der Waals surface area contributed by atoms with Crippen LogP contribution >= 0.6 is 0 Å². The lowest BCUT2D eigenvalue weighted by molar-refractivity contribution is -0.125. The molecule has 0 radical (unpaired) electrons. The number of carbonyl (C=O) groups is 1. The number of nitrogens with one attached hydrogen (secondary N) is 2. The second-order valence-corrected chi connectivity index (χ2v) is 4.06. The van der Waals surface area contributed by atoms with Gasteiger partial charge in [-0.25, -0.2) is 9.82 Å². The van der Waals surface area contributed by atoms with Gasteiger partial charge in [0.15, 0.2) is 11.6 Å². The Bertz CT molecular complexity index is 423. The monoisotopic (exact) mass is 254 g/mol. The van der Waals surface area contributed by atoms with E-state index in [1.807, 2.05) is 20.8 Å². The zero-order valence-electron chi connectivity index (χ0n) is 10.8. The number of aromatic hydroxyl groups is 1. The molecule has 0 spiro atoms. The smallest absolute Gasteiger partial charge is 0.234 e. The number of phenolic OH excluding ortho intramolecular Hbond substituents is 1. The molecule has 1 heterocycles. The number of phenols is 1. The predicted octanol–water partition coefficient (Wildman–Crippen LogP) is 2.26. The fourth-order valence-corrected chi connectivity index (χ4v) is 1.89. The van der Waals surface area contributed by atoms with Gasteiger partial charge >= 0.3 is 0 Å². The van der Waals surface area contributed by atoms with E-state index in [4.69, 9.17) is 5.11 Å². The average Bonchev–Trinajstić information content (AvgIpc) is 2.35. The van der Waals surface area contributed by atoms with E-state index in [0.29, 0.717) is 12.0 Å². The number of rotatable bonds is 1. The van der Waals surface area contributed by atoms with E-state index < -0.39 is 5.82 Å². The van der Waals surface area contributed by atoms with Gasteiger partial charge in [0.05, 0.1) is 6.04 Å². The summed E-state index contributed by atoms with van der Waals surface area (Å²) in [6.45, 7) is 5.92. The van der Waals surface area contributed by atoms with Crippen LogP contribution in [-0.4, -0.2) is 11.0 Å². The third-order valence-electron chi connectivity index (χ3n) is 2.77. The molecule has 5 heteroatoms. The normalized spacial score (nSPS) is 22.8. The molecule has 2 rings (SSSR count). The van der Waals surface area contributed by atoms with Crippen LogP contribution in [-0.2, 0) is 4.79 Å². The number of halogens is 1. The van der Waals surface area contributed by atoms with Crippen molar-refractivity contribution in [2.75, 3.05) is 0 Å². The molecule has 1 saturated heterocycles. The van der Waals surface area contributed by atoms with Gasteiger partial charge in [-0.05, 0) is 23.6 Å². The van der Waals surface area contributed by atoms with Crippen molar-refractivity contribution in [2.24, 2.45) is 5.92 Å². The maximum absolute atomic E-state index is 13.2. The van der Waals surface area contributed by atoms with E-state index in [2.05, 4.69) is 10.9 Å². The van der Waals surface area contributed by atoms with Gasteiger partial charge in [-0.2, -0.15) is 0 Å². The average molecular weight is 254 g/mol. The van der Waals surface area contributed by atoms with Gasteiger partial charge in [0.2, 0.25) is 5.91 Å². The molecule has 3 N–H and O–H groups in total. The summed E-state index contributed by atoms with van der Waals surface area (Å²) in [4.78, 5) is 11.1. The van der Waals surface area contributed by atoms with Crippen LogP contribution in [0.5, 0.6) is 5.75 Å². The van der Waals surface area contributed by atoms with Crippen molar-refractivity contribution < 1.29 is 14.3 Å². The summed E-state index contributed by atoms with van der Waals surface area (Å²) < 4.78 is 13.2. The Hall–Kier alpha value is -1.62. The maximum Gasteiger partial charge on any atom is 0.234 e. The summed E-state index contributed by atoms with van der Waals surface area (Å²) in [5, 5.41) is 9.08. The molecule has 2 unspecified atom stereocenters. The fraction of sp³-hybridized carbons (Fsp3) is 0.462. The van der Waals surface area contributed by atoms with Crippen LogP contribution in [0.15, 0.2) is 18.2 Å². The highest BCUT2D eigenvalue weighted by atomic mass is 19.1. The Labute approximate surface area is 106 Å². The van der Waals surface area contributed by atoms with Gasteiger partial charge < -0.3 is 5.11 Å². The third-order valence-corrected chi connectivity index (χ3v) is 2.77. The van der Waals surface area contributed by atoms with Crippen LogP contribution in [0.3, 0.4) is 0 Å². The second kappa shape index (κ2) is 6.35. The molecule has 0 aliphatic carbocycles. The Balaban J connectivity index is 0.000000771. The Morgan fingerprint density at radius 2 is 2.06 bits per heavy atom. The Kier molecular flexibility index (Phi) is 5.09. The van der Waals surface area contributed by atoms with E-state index >= 15 is 0 Å². The van der Waals surface area contributed by atoms with Crippen LogP contribution < -0.4 is 10.9 Å². The van der Waals surface area contributed by atoms with Crippen LogP contribution in [0.4, 0.5) is 4.39 Å². The SMILES string of the molecule is CC.CC1CC(=O)NNC1c1ccc(O)c(F)c1. The molecule has 0 bridgehead atoms. The van der Waals surface area contributed by atoms with Gasteiger partial charge in [0.25, 0.3) is 0 Å². The van der Waals surface area contributed by atoms with Gasteiger partial charge in [-0.3, -0.25) is 10.2 Å². The first-order chi connectivity index (χ1) is 8.58. The van der Waals surface area contributed by atoms with Gasteiger partial charge in [0, 0.05) is 6.42 Å².